The summed E-state index contributed by atoms with van der Waals surface area (Å²) < 4.78 is 29.4. The molecule has 164 valence electrons. The fourth-order valence-electron chi connectivity index (χ4n) is 3.93. The number of carbonyl (C=O) groups is 1. The molecule has 1 aromatic heterocycles. The van der Waals surface area contributed by atoms with E-state index in [1.165, 1.54) is 18.2 Å². The Hall–Kier alpha value is -3.65. The number of hydrogen-bond donors (Lipinski definition) is 2. The van der Waals surface area contributed by atoms with Gasteiger partial charge in [0.1, 0.15) is 0 Å². The number of imidazole rings is 1. The summed E-state index contributed by atoms with van der Waals surface area (Å²) >= 11 is 0. The van der Waals surface area contributed by atoms with Crippen LogP contribution in [0.15, 0.2) is 65.6 Å². The molecule has 0 saturated heterocycles. The number of aryl methyl sites for hydroxylation is 3. The van der Waals surface area contributed by atoms with Crippen LogP contribution in [-0.2, 0) is 16.6 Å². The minimum absolute atomic E-state index is 0.0260. The van der Waals surface area contributed by atoms with Crippen LogP contribution in [0.25, 0.3) is 11.0 Å². The summed E-state index contributed by atoms with van der Waals surface area (Å²) in [6, 6.07) is 17.3. The molecule has 0 aliphatic heterocycles. The van der Waals surface area contributed by atoms with E-state index in [9.17, 15) is 13.2 Å². The molecule has 1 heterocycles. The molecule has 3 N–H and O–H groups in total. The topological polar surface area (TPSA) is 107 Å². The molecular formula is C24H24N4O3S. The van der Waals surface area contributed by atoms with Crippen molar-refractivity contribution in [1.29, 1.82) is 0 Å². The lowest BCUT2D eigenvalue weighted by Gasteiger charge is -2.15. The standard InChI is InChI=1S/C24H24N4O3S/c1-15-11-16(2)20(17(3)12-15)14-28-22-10-5-4-9-21(22)26-23(28)24(29)27-32(30,31)19-8-6-7-18(25)13-19/h4-13H,14,25H2,1-3H3,(H,27,29). The van der Waals surface area contributed by atoms with Gasteiger partial charge in [-0.2, -0.15) is 0 Å². The van der Waals surface area contributed by atoms with Gasteiger partial charge in [-0.15, -0.1) is 0 Å². The first-order chi connectivity index (χ1) is 15.2. The van der Waals surface area contributed by atoms with Crippen molar-refractivity contribution in [2.75, 3.05) is 5.73 Å². The van der Waals surface area contributed by atoms with E-state index in [0.717, 1.165) is 27.8 Å². The second-order valence-corrected chi connectivity index (χ2v) is 9.58. The maximum Gasteiger partial charge on any atom is 0.301 e. The second-order valence-electron chi connectivity index (χ2n) is 7.89. The number of carbonyl (C=O) groups excluding carboxylic acids is 1. The quantitative estimate of drug-likeness (QED) is 0.453. The molecule has 0 bridgehead atoms. The van der Waals surface area contributed by atoms with E-state index in [0.29, 0.717) is 12.1 Å². The van der Waals surface area contributed by atoms with Gasteiger partial charge in [0.15, 0.2) is 0 Å². The van der Waals surface area contributed by atoms with Crippen LogP contribution in [0.2, 0.25) is 0 Å². The Balaban J connectivity index is 1.77. The van der Waals surface area contributed by atoms with Crippen LogP contribution >= 0.6 is 0 Å². The number of benzene rings is 3. The number of amides is 1. The smallest absolute Gasteiger partial charge is 0.301 e. The summed E-state index contributed by atoms with van der Waals surface area (Å²) in [6.45, 7) is 6.48. The van der Waals surface area contributed by atoms with E-state index in [-0.39, 0.29) is 16.4 Å². The molecule has 4 aromatic rings. The van der Waals surface area contributed by atoms with Crippen LogP contribution in [0.4, 0.5) is 5.69 Å². The highest BCUT2D eigenvalue weighted by Crippen LogP contribution is 2.23. The number of hydrogen-bond acceptors (Lipinski definition) is 5. The average molecular weight is 449 g/mol. The van der Waals surface area contributed by atoms with E-state index in [4.69, 9.17) is 5.73 Å². The molecule has 0 unspecified atom stereocenters. The zero-order chi connectivity index (χ0) is 23.0. The van der Waals surface area contributed by atoms with Crippen LogP contribution in [-0.4, -0.2) is 23.9 Å². The van der Waals surface area contributed by atoms with Crippen LogP contribution in [0.5, 0.6) is 0 Å². The minimum atomic E-state index is -4.11. The third-order valence-corrected chi connectivity index (χ3v) is 6.74. The molecule has 0 aliphatic rings. The van der Waals surface area contributed by atoms with E-state index in [1.807, 2.05) is 39.0 Å². The predicted molar refractivity (Wildman–Crippen MR) is 125 cm³/mol. The molecule has 0 radical (unpaired) electrons. The van der Waals surface area contributed by atoms with Gasteiger partial charge in [0.2, 0.25) is 5.82 Å². The fraction of sp³-hybridized carbons (Fsp3) is 0.167. The van der Waals surface area contributed by atoms with Crippen LogP contribution in [0.3, 0.4) is 0 Å². The number of anilines is 1. The molecule has 0 saturated carbocycles. The first-order valence-corrected chi connectivity index (χ1v) is 11.6. The molecule has 0 spiro atoms. The van der Waals surface area contributed by atoms with Gasteiger partial charge in [-0.3, -0.25) is 4.79 Å². The van der Waals surface area contributed by atoms with E-state index < -0.39 is 15.9 Å². The van der Waals surface area contributed by atoms with Gasteiger partial charge < -0.3 is 10.3 Å². The Morgan fingerprint density at radius 1 is 1.00 bits per heavy atom. The Morgan fingerprint density at radius 2 is 1.69 bits per heavy atom. The molecule has 32 heavy (non-hydrogen) atoms. The van der Waals surface area contributed by atoms with Gasteiger partial charge in [-0.25, -0.2) is 18.1 Å². The highest BCUT2D eigenvalue weighted by atomic mass is 32.2. The number of nitrogens with zero attached hydrogens (tertiary/aromatic N) is 2. The Bertz CT molecular complexity index is 1430. The minimum Gasteiger partial charge on any atom is -0.399 e. The number of sulfonamides is 1. The lowest BCUT2D eigenvalue weighted by atomic mass is 9.99. The van der Waals surface area contributed by atoms with Crippen molar-refractivity contribution in [3.8, 4) is 0 Å². The largest absolute Gasteiger partial charge is 0.399 e. The maximum absolute atomic E-state index is 13.1. The van der Waals surface area contributed by atoms with Crippen molar-refractivity contribution >= 4 is 32.7 Å². The fourth-order valence-corrected chi connectivity index (χ4v) is 4.94. The summed E-state index contributed by atoms with van der Waals surface area (Å²) in [4.78, 5) is 17.5. The lowest BCUT2D eigenvalue weighted by Crippen LogP contribution is -2.33. The van der Waals surface area contributed by atoms with Crippen LogP contribution < -0.4 is 10.5 Å². The highest BCUT2D eigenvalue weighted by molar-refractivity contribution is 7.90. The second kappa shape index (κ2) is 8.12. The Morgan fingerprint density at radius 3 is 2.38 bits per heavy atom. The molecular weight excluding hydrogens is 424 g/mol. The number of rotatable bonds is 5. The van der Waals surface area contributed by atoms with E-state index in [2.05, 4.69) is 21.8 Å². The molecule has 3 aromatic carbocycles. The zero-order valence-electron chi connectivity index (χ0n) is 18.1. The predicted octanol–water partition coefficient (Wildman–Crippen LogP) is 3.71. The van der Waals surface area contributed by atoms with Gasteiger partial charge >= 0.3 is 5.91 Å². The third kappa shape index (κ3) is 4.09. The maximum atomic E-state index is 13.1. The molecule has 8 heteroatoms. The number of nitrogens with two attached hydrogens (primary N) is 1. The number of aromatic nitrogens is 2. The van der Waals surface area contributed by atoms with Crippen molar-refractivity contribution in [1.82, 2.24) is 14.3 Å². The first kappa shape index (κ1) is 21.6. The Labute approximate surface area is 187 Å². The number of nitrogen functional groups attached to an aromatic ring is 1. The highest BCUT2D eigenvalue weighted by Gasteiger charge is 2.24. The summed E-state index contributed by atoms with van der Waals surface area (Å²) in [5, 5.41) is 0. The number of para-hydroxylation sites is 2. The van der Waals surface area contributed by atoms with Gasteiger partial charge in [-0.05, 0) is 67.8 Å². The summed E-state index contributed by atoms with van der Waals surface area (Å²) in [5.41, 5.74) is 11.8. The molecule has 7 nitrogen and oxygen atoms in total. The van der Waals surface area contributed by atoms with Crippen LogP contribution in [0.1, 0.15) is 32.9 Å². The lowest BCUT2D eigenvalue weighted by molar-refractivity contribution is 0.0968. The molecule has 0 fully saturated rings. The third-order valence-electron chi connectivity index (χ3n) is 5.41. The van der Waals surface area contributed by atoms with E-state index >= 15 is 0 Å². The van der Waals surface area contributed by atoms with Gasteiger partial charge in [0.05, 0.1) is 22.5 Å². The normalized spacial score (nSPS) is 11.6. The molecule has 4 rings (SSSR count). The van der Waals surface area contributed by atoms with Crippen LogP contribution in [0, 0.1) is 20.8 Å². The summed E-state index contributed by atoms with van der Waals surface area (Å²) in [5.74, 6) is -0.774. The van der Waals surface area contributed by atoms with Gasteiger partial charge in [-0.1, -0.05) is 35.9 Å². The average Bonchev–Trinajstić information content (AvgIpc) is 3.09. The van der Waals surface area contributed by atoms with Crippen molar-refractivity contribution in [2.24, 2.45) is 0 Å². The van der Waals surface area contributed by atoms with Gasteiger partial charge in [0, 0.05) is 5.69 Å². The Kier molecular flexibility index (Phi) is 5.48. The van der Waals surface area contributed by atoms with Gasteiger partial charge in [0.25, 0.3) is 10.0 Å². The summed E-state index contributed by atoms with van der Waals surface area (Å²) in [6.07, 6.45) is 0. The molecule has 0 aliphatic carbocycles. The SMILES string of the molecule is Cc1cc(C)c(Cn2c(C(=O)NS(=O)(=O)c3cccc(N)c3)nc3ccccc32)c(C)c1. The van der Waals surface area contributed by atoms with Crippen molar-refractivity contribution in [3.63, 3.8) is 0 Å². The summed E-state index contributed by atoms with van der Waals surface area (Å²) in [7, 11) is -4.11. The monoisotopic (exact) mass is 448 g/mol. The molecule has 0 atom stereocenters. The van der Waals surface area contributed by atoms with Crippen molar-refractivity contribution < 1.29 is 13.2 Å². The number of fused-ring (bicyclic) bond motifs is 1. The first-order valence-electron chi connectivity index (χ1n) is 10.1. The van der Waals surface area contributed by atoms with E-state index in [1.54, 1.807) is 16.7 Å². The molecule has 1 amide bonds. The van der Waals surface area contributed by atoms with Crippen molar-refractivity contribution in [2.45, 2.75) is 32.2 Å². The number of nitrogens with one attached hydrogen (secondary N) is 1. The zero-order valence-corrected chi connectivity index (χ0v) is 18.9. The van der Waals surface area contributed by atoms with Crippen molar-refractivity contribution in [3.05, 3.63) is 88.7 Å².